The third-order valence-corrected chi connectivity index (χ3v) is 5.93. The summed E-state index contributed by atoms with van der Waals surface area (Å²) in [4.78, 5) is 11.9. The van der Waals surface area contributed by atoms with Crippen LogP contribution in [0.25, 0.3) is 26.6 Å². The Morgan fingerprint density at radius 1 is 0.871 bits per heavy atom. The summed E-state index contributed by atoms with van der Waals surface area (Å²) in [6, 6.07) is 21.3. The van der Waals surface area contributed by atoms with Crippen LogP contribution in [0.3, 0.4) is 0 Å². The van der Waals surface area contributed by atoms with Crippen LogP contribution < -0.4 is 19.9 Å². The Bertz CT molecular complexity index is 1240. The molecule has 0 aliphatic heterocycles. The summed E-state index contributed by atoms with van der Waals surface area (Å²) < 4.78 is 18.1. The second kappa shape index (κ2) is 8.93. The molecule has 1 amide bonds. The maximum Gasteiger partial charge on any atom is 0.241 e. The van der Waals surface area contributed by atoms with Crippen LogP contribution in [0.4, 0.5) is 0 Å². The summed E-state index contributed by atoms with van der Waals surface area (Å²) in [5.74, 6) is 2.60. The van der Waals surface area contributed by atoms with Crippen LogP contribution in [0.2, 0.25) is 0 Å². The van der Waals surface area contributed by atoms with Gasteiger partial charge in [-0.1, -0.05) is 12.1 Å². The Kier molecular flexibility index (Phi) is 5.91. The lowest BCUT2D eigenvalue weighted by molar-refractivity contribution is -0.113. The summed E-state index contributed by atoms with van der Waals surface area (Å²) >= 11 is 1.65. The Balaban J connectivity index is 1.75. The molecule has 2 N–H and O–H groups in total. The fourth-order valence-corrected chi connectivity index (χ4v) is 4.32. The van der Waals surface area contributed by atoms with Crippen molar-refractivity contribution in [3.63, 3.8) is 0 Å². The van der Waals surface area contributed by atoms with Crippen LogP contribution in [0, 0.1) is 0 Å². The number of hydrogen-bond acceptors (Lipinski definition) is 5. The molecule has 0 aliphatic rings. The molecule has 3 aromatic carbocycles. The number of primary amides is 1. The van der Waals surface area contributed by atoms with Crippen molar-refractivity contribution in [1.29, 1.82) is 0 Å². The maximum absolute atomic E-state index is 10.9. The number of methoxy groups -OCH3 is 2. The van der Waals surface area contributed by atoms with E-state index in [0.29, 0.717) is 5.75 Å². The Morgan fingerprint density at radius 3 is 2.16 bits per heavy atom. The van der Waals surface area contributed by atoms with Gasteiger partial charge in [0.15, 0.2) is 5.75 Å². The molecule has 4 rings (SSSR count). The SMILES string of the molecule is COc1ccc(-c2sc3cc(OC)ccc3c2Oc2ccc(/C=C/C(N)=O)cc2)cc1. The van der Waals surface area contributed by atoms with Crippen molar-refractivity contribution in [2.24, 2.45) is 5.73 Å². The number of carbonyl (C=O) groups excluding carboxylic acids is 1. The highest BCUT2D eigenvalue weighted by Crippen LogP contribution is 2.47. The molecule has 5 nitrogen and oxygen atoms in total. The lowest BCUT2D eigenvalue weighted by atomic mass is 10.1. The standard InChI is InChI=1S/C25H21NO4S/c1-28-18-10-6-17(7-11-18)25-24(21-13-12-20(29-2)15-22(21)31-25)30-19-8-3-16(4-9-19)5-14-23(26)27/h3-15H,1-2H3,(H2,26,27)/b14-5+. The molecule has 0 radical (unpaired) electrons. The minimum absolute atomic E-state index is 0.482. The molecule has 4 aromatic rings. The van der Waals surface area contributed by atoms with E-state index in [0.717, 1.165) is 43.3 Å². The van der Waals surface area contributed by atoms with E-state index in [1.54, 1.807) is 31.6 Å². The van der Waals surface area contributed by atoms with E-state index < -0.39 is 5.91 Å². The highest BCUT2D eigenvalue weighted by Gasteiger charge is 2.17. The molecule has 0 fully saturated rings. The molecular formula is C25H21NO4S. The smallest absolute Gasteiger partial charge is 0.241 e. The summed E-state index contributed by atoms with van der Waals surface area (Å²) in [5, 5.41) is 1.01. The minimum Gasteiger partial charge on any atom is -0.497 e. The highest BCUT2D eigenvalue weighted by atomic mass is 32.1. The molecule has 6 heteroatoms. The Labute approximate surface area is 184 Å². The van der Waals surface area contributed by atoms with Gasteiger partial charge in [-0.25, -0.2) is 0 Å². The van der Waals surface area contributed by atoms with Crippen molar-refractivity contribution < 1.29 is 19.0 Å². The summed E-state index contributed by atoms with van der Waals surface area (Å²) in [5.41, 5.74) is 7.06. The molecule has 0 spiro atoms. The lowest BCUT2D eigenvalue weighted by Crippen LogP contribution is -2.04. The number of thiophene rings is 1. The first-order valence-electron chi connectivity index (χ1n) is 9.58. The number of ether oxygens (including phenoxy) is 3. The van der Waals surface area contributed by atoms with E-state index in [2.05, 4.69) is 0 Å². The first kappa shape index (κ1) is 20.5. The van der Waals surface area contributed by atoms with Crippen LogP contribution in [-0.2, 0) is 4.79 Å². The van der Waals surface area contributed by atoms with Gasteiger partial charge in [0.05, 0.1) is 19.1 Å². The summed E-state index contributed by atoms with van der Waals surface area (Å²) in [7, 11) is 3.31. The van der Waals surface area contributed by atoms with Gasteiger partial charge < -0.3 is 19.9 Å². The van der Waals surface area contributed by atoms with Gasteiger partial charge in [0, 0.05) is 16.2 Å². The third-order valence-electron chi connectivity index (χ3n) is 4.74. The van der Waals surface area contributed by atoms with Crippen molar-refractivity contribution in [2.45, 2.75) is 0 Å². The van der Waals surface area contributed by atoms with Crippen LogP contribution in [0.5, 0.6) is 23.0 Å². The zero-order chi connectivity index (χ0) is 21.8. The van der Waals surface area contributed by atoms with Crippen molar-refractivity contribution >= 4 is 33.4 Å². The fourth-order valence-electron chi connectivity index (χ4n) is 3.16. The molecule has 0 saturated carbocycles. The van der Waals surface area contributed by atoms with Crippen LogP contribution >= 0.6 is 11.3 Å². The number of carbonyl (C=O) groups is 1. The Morgan fingerprint density at radius 2 is 1.52 bits per heavy atom. The van der Waals surface area contributed by atoms with Gasteiger partial charge in [-0.3, -0.25) is 4.79 Å². The molecule has 0 unspecified atom stereocenters. The number of rotatable bonds is 7. The summed E-state index contributed by atoms with van der Waals surface area (Å²) in [6.07, 6.45) is 3.00. The van der Waals surface area contributed by atoms with Crippen LogP contribution in [0.15, 0.2) is 72.8 Å². The molecule has 1 aromatic heterocycles. The second-order valence-electron chi connectivity index (χ2n) is 6.76. The average Bonchev–Trinajstić information content (AvgIpc) is 3.16. The van der Waals surface area contributed by atoms with Gasteiger partial charge in [0.25, 0.3) is 0 Å². The molecule has 0 aliphatic carbocycles. The monoisotopic (exact) mass is 431 g/mol. The molecule has 156 valence electrons. The minimum atomic E-state index is -0.482. The zero-order valence-electron chi connectivity index (χ0n) is 17.1. The molecule has 0 bridgehead atoms. The van der Waals surface area contributed by atoms with Crippen LogP contribution in [0.1, 0.15) is 5.56 Å². The van der Waals surface area contributed by atoms with Gasteiger partial charge in [0.2, 0.25) is 5.91 Å². The van der Waals surface area contributed by atoms with Crippen molar-refractivity contribution in [3.8, 4) is 33.4 Å². The van der Waals surface area contributed by atoms with Crippen molar-refractivity contribution in [1.82, 2.24) is 0 Å². The highest BCUT2D eigenvalue weighted by molar-refractivity contribution is 7.22. The number of nitrogens with two attached hydrogens (primary N) is 1. The normalized spacial score (nSPS) is 11.0. The Hall–Kier alpha value is -3.77. The first-order chi connectivity index (χ1) is 15.1. The zero-order valence-corrected chi connectivity index (χ0v) is 17.9. The predicted octanol–water partition coefficient (Wildman–Crippen LogP) is 5.88. The second-order valence-corrected chi connectivity index (χ2v) is 7.81. The van der Waals surface area contributed by atoms with E-state index in [1.165, 1.54) is 6.08 Å². The van der Waals surface area contributed by atoms with E-state index in [1.807, 2.05) is 66.7 Å². The van der Waals surface area contributed by atoms with Gasteiger partial charge in [-0.05, 0) is 71.8 Å². The van der Waals surface area contributed by atoms with Crippen LogP contribution in [-0.4, -0.2) is 20.1 Å². The lowest BCUT2D eigenvalue weighted by Gasteiger charge is -2.09. The molecule has 0 saturated heterocycles. The third kappa shape index (κ3) is 4.54. The maximum atomic E-state index is 10.9. The molecule has 1 heterocycles. The number of hydrogen-bond donors (Lipinski definition) is 1. The van der Waals surface area contributed by atoms with E-state index in [4.69, 9.17) is 19.9 Å². The van der Waals surface area contributed by atoms with Crippen molar-refractivity contribution in [2.75, 3.05) is 14.2 Å². The predicted molar refractivity (Wildman–Crippen MR) is 125 cm³/mol. The van der Waals surface area contributed by atoms with E-state index in [9.17, 15) is 4.79 Å². The van der Waals surface area contributed by atoms with Gasteiger partial charge >= 0.3 is 0 Å². The largest absolute Gasteiger partial charge is 0.497 e. The van der Waals surface area contributed by atoms with E-state index in [-0.39, 0.29) is 0 Å². The number of amides is 1. The topological polar surface area (TPSA) is 70.8 Å². The number of fused-ring (bicyclic) bond motifs is 1. The first-order valence-corrected chi connectivity index (χ1v) is 10.4. The van der Waals surface area contributed by atoms with Gasteiger partial charge in [0.1, 0.15) is 17.2 Å². The molecule has 31 heavy (non-hydrogen) atoms. The van der Waals surface area contributed by atoms with Gasteiger partial charge in [-0.2, -0.15) is 0 Å². The van der Waals surface area contributed by atoms with Crippen molar-refractivity contribution in [3.05, 3.63) is 78.4 Å². The number of benzene rings is 3. The average molecular weight is 432 g/mol. The van der Waals surface area contributed by atoms with E-state index >= 15 is 0 Å². The molecular weight excluding hydrogens is 410 g/mol. The van der Waals surface area contributed by atoms with Gasteiger partial charge in [-0.15, -0.1) is 11.3 Å². The quantitative estimate of drug-likeness (QED) is 0.371. The fraction of sp³-hybridized carbons (Fsp3) is 0.0800. The molecule has 0 atom stereocenters. The summed E-state index contributed by atoms with van der Waals surface area (Å²) in [6.45, 7) is 0.